The highest BCUT2D eigenvalue weighted by molar-refractivity contribution is 5.70. The van der Waals surface area contributed by atoms with Gasteiger partial charge in [0.2, 0.25) is 0 Å². The molecule has 0 aliphatic carbocycles. The van der Waals surface area contributed by atoms with Crippen LogP contribution in [-0.2, 0) is 17.8 Å². The number of benzene rings is 1. The number of fused-ring (bicyclic) bond motifs is 1. The summed E-state index contributed by atoms with van der Waals surface area (Å²) in [5.74, 6) is 0.240. The van der Waals surface area contributed by atoms with E-state index in [1.165, 1.54) is 0 Å². The molecule has 0 atom stereocenters. The summed E-state index contributed by atoms with van der Waals surface area (Å²) in [4.78, 5) is 13.8. The Morgan fingerprint density at radius 1 is 1.24 bits per heavy atom. The summed E-state index contributed by atoms with van der Waals surface area (Å²) in [7, 11) is 0. The van der Waals surface area contributed by atoms with Crippen LogP contribution >= 0.6 is 0 Å². The van der Waals surface area contributed by atoms with Crippen LogP contribution < -0.4 is 5.73 Å². The molecule has 1 aliphatic rings. The fourth-order valence-corrected chi connectivity index (χ4v) is 2.94. The van der Waals surface area contributed by atoms with Gasteiger partial charge >= 0.3 is 6.09 Å². The molecular formula is C18H23FN4O2. The van der Waals surface area contributed by atoms with Crippen LogP contribution in [0.25, 0.3) is 5.69 Å². The molecule has 7 heteroatoms. The number of hydrogen-bond acceptors (Lipinski definition) is 4. The van der Waals surface area contributed by atoms with Crippen molar-refractivity contribution in [3.63, 3.8) is 0 Å². The lowest BCUT2D eigenvalue weighted by atomic mass is 10.1. The standard InChI is InChI=1S/C18H23FN4O2/c1-10-6-12(7-11(2)15(10)19)23-16(20)13-8-22(9-14(13)21-23)17(24)25-18(3,4)5/h6-7H,8-9,20H2,1-5H3. The van der Waals surface area contributed by atoms with Crippen molar-refractivity contribution in [2.45, 2.75) is 53.3 Å². The number of nitrogen functional groups attached to an aromatic ring is 1. The second kappa shape index (κ2) is 5.75. The first-order valence-electron chi connectivity index (χ1n) is 8.18. The van der Waals surface area contributed by atoms with E-state index >= 15 is 0 Å². The molecule has 134 valence electrons. The normalized spacial score (nSPS) is 13.9. The minimum atomic E-state index is -0.550. The second-order valence-corrected chi connectivity index (χ2v) is 7.45. The number of hydrogen-bond donors (Lipinski definition) is 1. The van der Waals surface area contributed by atoms with Crippen LogP contribution in [0.4, 0.5) is 15.0 Å². The van der Waals surface area contributed by atoms with E-state index in [0.29, 0.717) is 35.7 Å². The maximum atomic E-state index is 13.8. The molecule has 6 nitrogen and oxygen atoms in total. The molecule has 1 aromatic heterocycles. The Bertz CT molecular complexity index is 828. The van der Waals surface area contributed by atoms with Gasteiger partial charge in [0.25, 0.3) is 0 Å². The quantitative estimate of drug-likeness (QED) is 0.858. The average molecular weight is 346 g/mol. The summed E-state index contributed by atoms with van der Waals surface area (Å²) in [5, 5.41) is 4.52. The Kier molecular flexibility index (Phi) is 3.97. The maximum Gasteiger partial charge on any atom is 0.410 e. The molecule has 1 amide bonds. The van der Waals surface area contributed by atoms with Crippen molar-refractivity contribution in [3.8, 4) is 5.69 Å². The van der Waals surface area contributed by atoms with E-state index < -0.39 is 5.60 Å². The van der Waals surface area contributed by atoms with E-state index in [1.807, 2.05) is 20.8 Å². The second-order valence-electron chi connectivity index (χ2n) is 7.45. The third-order valence-corrected chi connectivity index (χ3v) is 4.11. The summed E-state index contributed by atoms with van der Waals surface area (Å²) in [6, 6.07) is 3.43. The van der Waals surface area contributed by atoms with Crippen molar-refractivity contribution >= 4 is 11.9 Å². The zero-order chi connectivity index (χ0) is 18.5. The summed E-state index contributed by atoms with van der Waals surface area (Å²) >= 11 is 0. The van der Waals surface area contributed by atoms with Gasteiger partial charge in [-0.05, 0) is 57.9 Å². The zero-order valence-corrected chi connectivity index (χ0v) is 15.2. The van der Waals surface area contributed by atoms with E-state index in [2.05, 4.69) is 5.10 Å². The zero-order valence-electron chi connectivity index (χ0n) is 15.2. The van der Waals surface area contributed by atoms with E-state index in [0.717, 1.165) is 11.3 Å². The molecule has 0 saturated heterocycles. The largest absolute Gasteiger partial charge is 0.444 e. The highest BCUT2D eigenvalue weighted by atomic mass is 19.1. The Hall–Kier alpha value is -2.57. The van der Waals surface area contributed by atoms with Crippen molar-refractivity contribution in [2.75, 3.05) is 5.73 Å². The van der Waals surface area contributed by atoms with Crippen molar-refractivity contribution in [1.29, 1.82) is 0 Å². The minimum absolute atomic E-state index is 0.224. The van der Waals surface area contributed by atoms with Gasteiger partial charge in [0.1, 0.15) is 17.2 Å². The lowest BCUT2D eigenvalue weighted by molar-refractivity contribution is 0.0239. The number of ether oxygens (including phenoxy) is 1. The fourth-order valence-electron chi connectivity index (χ4n) is 2.94. The molecule has 0 spiro atoms. The third kappa shape index (κ3) is 3.18. The maximum absolute atomic E-state index is 13.8. The number of anilines is 1. The van der Waals surface area contributed by atoms with Gasteiger partial charge < -0.3 is 10.5 Å². The number of aryl methyl sites for hydroxylation is 2. The summed E-state index contributed by atoms with van der Waals surface area (Å²) < 4.78 is 20.8. The van der Waals surface area contributed by atoms with Gasteiger partial charge in [-0.15, -0.1) is 0 Å². The van der Waals surface area contributed by atoms with Crippen molar-refractivity contribution in [3.05, 3.63) is 40.3 Å². The van der Waals surface area contributed by atoms with Crippen LogP contribution in [0.1, 0.15) is 43.2 Å². The number of carbonyl (C=O) groups excluding carboxylic acids is 1. The SMILES string of the molecule is Cc1cc(-n2nc3c(c2N)CN(C(=O)OC(C)(C)C)C3)cc(C)c1F. The van der Waals surface area contributed by atoms with Gasteiger partial charge in [-0.25, -0.2) is 13.9 Å². The molecule has 0 fully saturated rings. The third-order valence-electron chi connectivity index (χ3n) is 4.11. The summed E-state index contributed by atoms with van der Waals surface area (Å²) in [6.45, 7) is 9.61. The number of nitrogens with two attached hydrogens (primary N) is 1. The Morgan fingerprint density at radius 2 is 1.84 bits per heavy atom. The van der Waals surface area contributed by atoms with Crippen LogP contribution in [0.15, 0.2) is 12.1 Å². The first-order valence-corrected chi connectivity index (χ1v) is 8.18. The molecule has 0 unspecified atom stereocenters. The molecule has 1 aromatic carbocycles. The predicted octanol–water partition coefficient (Wildman–Crippen LogP) is 3.46. The number of amides is 1. The topological polar surface area (TPSA) is 73.4 Å². The fraction of sp³-hybridized carbons (Fsp3) is 0.444. The van der Waals surface area contributed by atoms with Gasteiger partial charge in [0.15, 0.2) is 0 Å². The highest BCUT2D eigenvalue weighted by Crippen LogP contribution is 2.31. The first kappa shape index (κ1) is 17.3. The Balaban J connectivity index is 1.87. The van der Waals surface area contributed by atoms with Gasteiger partial charge in [-0.1, -0.05) is 0 Å². The van der Waals surface area contributed by atoms with Crippen LogP contribution in [0, 0.1) is 19.7 Å². The summed E-state index contributed by atoms with van der Waals surface area (Å²) in [5.41, 5.74) is 9.04. The van der Waals surface area contributed by atoms with Gasteiger partial charge in [0.05, 0.1) is 24.5 Å². The molecule has 2 N–H and O–H groups in total. The van der Waals surface area contributed by atoms with Gasteiger partial charge in [0, 0.05) is 5.56 Å². The molecule has 2 aromatic rings. The molecular weight excluding hydrogens is 323 g/mol. The number of halogens is 1. The van der Waals surface area contributed by atoms with Gasteiger partial charge in [-0.3, -0.25) is 4.90 Å². The highest BCUT2D eigenvalue weighted by Gasteiger charge is 2.32. The molecule has 1 aliphatic heterocycles. The Morgan fingerprint density at radius 3 is 2.36 bits per heavy atom. The average Bonchev–Trinajstić information content (AvgIpc) is 3.03. The van der Waals surface area contributed by atoms with E-state index in [4.69, 9.17) is 10.5 Å². The molecule has 0 bridgehead atoms. The minimum Gasteiger partial charge on any atom is -0.444 e. The van der Waals surface area contributed by atoms with Crippen LogP contribution in [0.5, 0.6) is 0 Å². The molecule has 0 radical (unpaired) electrons. The number of aromatic nitrogens is 2. The van der Waals surface area contributed by atoms with Crippen LogP contribution in [-0.4, -0.2) is 26.4 Å². The summed E-state index contributed by atoms with van der Waals surface area (Å²) in [6.07, 6.45) is -0.384. The lowest BCUT2D eigenvalue weighted by Crippen LogP contribution is -2.33. The predicted molar refractivity (Wildman–Crippen MR) is 92.9 cm³/mol. The van der Waals surface area contributed by atoms with Gasteiger partial charge in [-0.2, -0.15) is 5.10 Å². The molecule has 2 heterocycles. The number of carbonyl (C=O) groups is 1. The van der Waals surface area contributed by atoms with E-state index in [-0.39, 0.29) is 11.9 Å². The van der Waals surface area contributed by atoms with E-state index in [1.54, 1.807) is 35.6 Å². The van der Waals surface area contributed by atoms with Crippen molar-refractivity contribution in [2.24, 2.45) is 0 Å². The smallest absolute Gasteiger partial charge is 0.410 e. The van der Waals surface area contributed by atoms with E-state index in [9.17, 15) is 9.18 Å². The van der Waals surface area contributed by atoms with Crippen LogP contribution in [0.3, 0.4) is 0 Å². The molecule has 3 rings (SSSR count). The van der Waals surface area contributed by atoms with Crippen molar-refractivity contribution < 1.29 is 13.9 Å². The lowest BCUT2D eigenvalue weighted by Gasteiger charge is -2.24. The van der Waals surface area contributed by atoms with Crippen LogP contribution in [0.2, 0.25) is 0 Å². The first-order chi connectivity index (χ1) is 11.6. The van der Waals surface area contributed by atoms with Crippen molar-refractivity contribution in [1.82, 2.24) is 14.7 Å². The molecule has 0 saturated carbocycles. The monoisotopic (exact) mass is 346 g/mol. The molecule has 25 heavy (non-hydrogen) atoms. The Labute approximate surface area is 146 Å². The number of rotatable bonds is 1. The number of nitrogens with zero attached hydrogens (tertiary/aromatic N) is 3.